The van der Waals surface area contributed by atoms with Crippen molar-refractivity contribution in [1.29, 1.82) is 0 Å². The summed E-state index contributed by atoms with van der Waals surface area (Å²) >= 11 is 1.09. The molecule has 2 N–H and O–H groups in total. The van der Waals surface area contributed by atoms with Crippen LogP contribution in [-0.4, -0.2) is 30.3 Å². The quantitative estimate of drug-likeness (QED) is 0.178. The van der Waals surface area contributed by atoms with E-state index in [0.717, 1.165) is 12.0 Å². The molecule has 4 nitrogen and oxygen atoms in total. The number of hydrogen-bond donors (Lipinski definition) is 2. The van der Waals surface area contributed by atoms with Crippen molar-refractivity contribution in [2.24, 2.45) is 0 Å². The molecule has 1 atom stereocenters. The zero-order valence-corrected chi connectivity index (χ0v) is 5.22. The van der Waals surface area contributed by atoms with Gasteiger partial charge >= 0.3 is 7.48 Å². The van der Waals surface area contributed by atoms with Crippen LogP contribution >= 0.6 is 12.0 Å². The van der Waals surface area contributed by atoms with Gasteiger partial charge in [0, 0.05) is 6.26 Å². The summed E-state index contributed by atoms with van der Waals surface area (Å²) in [4.78, 5) is 3.47. The Balaban J connectivity index is 2.86. The third-order valence-corrected chi connectivity index (χ3v) is 0.822. The number of aliphatic hydroxyl groups is 1. The highest BCUT2D eigenvalue weighted by molar-refractivity contribution is 7.94. The zero-order valence-electron chi connectivity index (χ0n) is 4.40. The van der Waals surface area contributed by atoms with Crippen molar-refractivity contribution in [2.45, 2.75) is 6.19 Å². The minimum Gasteiger partial charge on any atom is -0.374 e. The largest absolute Gasteiger partial charge is 0.374 e. The molecule has 0 saturated carbocycles. The maximum atomic E-state index is 8.38. The van der Waals surface area contributed by atoms with Crippen LogP contribution < -0.4 is 0 Å². The van der Waals surface area contributed by atoms with Crippen molar-refractivity contribution >= 4 is 19.5 Å². The molecule has 0 saturated heterocycles. The Bertz CT molecular complexity index is 53.3. The van der Waals surface area contributed by atoms with Crippen LogP contribution in [0.2, 0.25) is 0 Å². The molecule has 1 unspecified atom stereocenters. The van der Waals surface area contributed by atoms with Gasteiger partial charge in [-0.2, -0.15) is 0 Å². The second-order valence-corrected chi connectivity index (χ2v) is 1.58. The molecule has 8 heavy (non-hydrogen) atoms. The summed E-state index contributed by atoms with van der Waals surface area (Å²) in [6.07, 6.45) is 0.465. The van der Waals surface area contributed by atoms with Gasteiger partial charge in [-0.3, -0.25) is 0 Å². The van der Waals surface area contributed by atoms with Crippen molar-refractivity contribution in [3.05, 3.63) is 0 Å². The smallest absolute Gasteiger partial charge is 0.360 e. The highest BCUT2D eigenvalue weighted by Gasteiger charge is 2.05. The van der Waals surface area contributed by atoms with Crippen LogP contribution in [0.5, 0.6) is 0 Å². The Morgan fingerprint density at radius 2 is 2.38 bits per heavy atom. The first kappa shape index (κ1) is 8.25. The van der Waals surface area contributed by atoms with E-state index in [1.807, 2.05) is 0 Å². The predicted octanol–water partition coefficient (Wildman–Crippen LogP) is -0.602. The van der Waals surface area contributed by atoms with Crippen molar-refractivity contribution < 1.29 is 19.4 Å². The van der Waals surface area contributed by atoms with E-state index in [4.69, 9.17) is 10.4 Å². The van der Waals surface area contributed by atoms with Gasteiger partial charge in [-0.1, -0.05) is 0 Å². The highest BCUT2D eigenvalue weighted by Crippen LogP contribution is 1.93. The summed E-state index contributed by atoms with van der Waals surface area (Å²) in [7, 11) is -0.0301. The van der Waals surface area contributed by atoms with Gasteiger partial charge in [-0.05, 0) is 12.0 Å². The summed E-state index contributed by atoms with van der Waals surface area (Å²) in [6, 6.07) is 0. The zero-order chi connectivity index (χ0) is 6.41. The van der Waals surface area contributed by atoms with E-state index in [0.29, 0.717) is 0 Å². The normalized spacial score (nSPS) is 13.4. The van der Waals surface area contributed by atoms with Gasteiger partial charge in [0.1, 0.15) is 0 Å². The molecule has 0 aromatic rings. The van der Waals surface area contributed by atoms with E-state index in [1.165, 1.54) is 0 Å². The van der Waals surface area contributed by atoms with Crippen molar-refractivity contribution in [2.75, 3.05) is 6.26 Å². The lowest BCUT2D eigenvalue weighted by atomic mass is 10.0. The molecule has 0 rings (SSSR count). The molecular weight excluding hydrogens is 131 g/mol. The molecule has 0 aliphatic rings. The standard InChI is InChI=1S/C2H7BO4S/c1-8-7-3-2(4)6-5/h2-5H,1H3. The summed E-state index contributed by atoms with van der Waals surface area (Å²) in [6.45, 7) is 0. The first-order valence-corrected chi connectivity index (χ1v) is 3.10. The minimum atomic E-state index is -1.23. The molecule has 0 fully saturated rings. The molecule has 0 spiro atoms. The van der Waals surface area contributed by atoms with Gasteiger partial charge < -0.3 is 9.21 Å². The molecule has 48 valence electrons. The average Bonchev–Trinajstić information content (AvgIpc) is 1.83. The Morgan fingerprint density at radius 1 is 1.75 bits per heavy atom. The van der Waals surface area contributed by atoms with Gasteiger partial charge in [0.2, 0.25) is 0 Å². The Kier molecular flexibility index (Phi) is 5.56. The number of aliphatic hydroxyl groups excluding tert-OH is 1. The number of hydrogen-bond acceptors (Lipinski definition) is 5. The molecule has 0 aromatic carbocycles. The Hall–Kier alpha value is 0.255. The van der Waals surface area contributed by atoms with Crippen LogP contribution in [0, 0.1) is 0 Å². The molecule has 0 aliphatic carbocycles. The molecule has 0 aromatic heterocycles. The molecule has 0 radical (unpaired) electrons. The van der Waals surface area contributed by atoms with Crippen molar-refractivity contribution in [1.82, 2.24) is 0 Å². The highest BCUT2D eigenvalue weighted by atomic mass is 32.2. The average molecular weight is 138 g/mol. The van der Waals surface area contributed by atoms with E-state index < -0.39 is 6.19 Å². The van der Waals surface area contributed by atoms with Crippen molar-refractivity contribution in [3.63, 3.8) is 0 Å². The van der Waals surface area contributed by atoms with Crippen LogP contribution in [0.15, 0.2) is 0 Å². The summed E-state index contributed by atoms with van der Waals surface area (Å²) in [5, 5.41) is 16.1. The molecular formula is C2H7BO4S. The molecule has 0 aliphatic heterocycles. The first-order valence-electron chi connectivity index (χ1n) is 1.95. The lowest BCUT2D eigenvalue weighted by molar-refractivity contribution is -0.307. The third kappa shape index (κ3) is 4.41. The van der Waals surface area contributed by atoms with Gasteiger partial charge in [-0.15, -0.1) is 0 Å². The fourth-order valence-corrected chi connectivity index (χ4v) is 0.409. The van der Waals surface area contributed by atoms with Gasteiger partial charge in [-0.25, -0.2) is 10.1 Å². The van der Waals surface area contributed by atoms with E-state index >= 15 is 0 Å². The maximum Gasteiger partial charge on any atom is 0.360 e. The van der Waals surface area contributed by atoms with Crippen LogP contribution in [-0.2, 0) is 8.99 Å². The topological polar surface area (TPSA) is 58.9 Å². The van der Waals surface area contributed by atoms with Crippen LogP contribution in [0.25, 0.3) is 0 Å². The van der Waals surface area contributed by atoms with E-state index in [1.54, 1.807) is 6.26 Å². The van der Waals surface area contributed by atoms with Crippen LogP contribution in [0.1, 0.15) is 0 Å². The fraction of sp³-hybridized carbons (Fsp3) is 1.00. The second kappa shape index (κ2) is 5.39. The third-order valence-electron chi connectivity index (χ3n) is 0.450. The predicted molar refractivity (Wildman–Crippen MR) is 31.5 cm³/mol. The van der Waals surface area contributed by atoms with E-state index in [2.05, 4.69) is 8.99 Å². The monoisotopic (exact) mass is 138 g/mol. The maximum absolute atomic E-state index is 8.38. The lowest BCUT2D eigenvalue weighted by Gasteiger charge is -2.00. The summed E-state index contributed by atoms with van der Waals surface area (Å²) in [5.41, 5.74) is 0. The van der Waals surface area contributed by atoms with Crippen molar-refractivity contribution in [3.8, 4) is 0 Å². The van der Waals surface area contributed by atoms with E-state index in [-0.39, 0.29) is 7.48 Å². The fourth-order valence-electron chi connectivity index (χ4n) is 0.157. The van der Waals surface area contributed by atoms with Crippen LogP contribution in [0.4, 0.5) is 0 Å². The van der Waals surface area contributed by atoms with Gasteiger partial charge in [0.25, 0.3) is 0 Å². The van der Waals surface area contributed by atoms with Gasteiger partial charge in [0.05, 0.1) is 0 Å². The SMILES string of the molecule is CSOBC(O)OO. The second-order valence-electron chi connectivity index (χ2n) is 1.01. The minimum absolute atomic E-state index is 0.0301. The first-order chi connectivity index (χ1) is 3.81. The molecule has 0 heterocycles. The van der Waals surface area contributed by atoms with E-state index in [9.17, 15) is 0 Å². The number of rotatable bonds is 4. The summed E-state index contributed by atoms with van der Waals surface area (Å²) in [5.74, 6) is 0. The molecule has 0 amide bonds. The molecule has 0 bridgehead atoms. The molecule has 6 heteroatoms. The summed E-state index contributed by atoms with van der Waals surface area (Å²) < 4.78 is 4.57. The Morgan fingerprint density at radius 3 is 2.75 bits per heavy atom. The lowest BCUT2D eigenvalue weighted by Crippen LogP contribution is -2.18. The van der Waals surface area contributed by atoms with Gasteiger partial charge in [0.15, 0.2) is 6.19 Å². The Labute approximate surface area is 52.2 Å². The van der Waals surface area contributed by atoms with Crippen LogP contribution in [0.3, 0.4) is 0 Å².